The summed E-state index contributed by atoms with van der Waals surface area (Å²) in [6.07, 6.45) is 11.9. The van der Waals surface area contributed by atoms with E-state index in [4.69, 9.17) is 0 Å². The van der Waals surface area contributed by atoms with Crippen LogP contribution < -0.4 is 10.4 Å². The lowest BCUT2D eigenvalue weighted by Gasteiger charge is -2.69. The molecule has 4 nitrogen and oxygen atoms in total. The van der Waals surface area contributed by atoms with E-state index in [1.807, 2.05) is 4.90 Å². The molecule has 0 bridgehead atoms. The Balaban J connectivity index is 1.61. The van der Waals surface area contributed by atoms with Gasteiger partial charge in [0, 0.05) is 29.1 Å². The Hall–Kier alpha value is -2.23. The van der Waals surface area contributed by atoms with Crippen molar-refractivity contribution in [3.05, 3.63) is 33.7 Å². The molecular weight excluding hydrogens is 458 g/mol. The maximum absolute atomic E-state index is 13.8. The quantitative estimate of drug-likeness (QED) is 0.513. The Kier molecular flexibility index (Phi) is 5.80. The van der Waals surface area contributed by atoms with Gasteiger partial charge in [0.15, 0.2) is 11.5 Å². The topological polar surface area (TPSA) is 60.8 Å². The van der Waals surface area contributed by atoms with E-state index in [-0.39, 0.29) is 38.6 Å². The van der Waals surface area contributed by atoms with Gasteiger partial charge in [-0.05, 0) is 97.8 Å². The largest absolute Gasteiger partial charge is 0.504 e. The van der Waals surface area contributed by atoms with Crippen LogP contribution in [0.3, 0.4) is 0 Å². The van der Waals surface area contributed by atoms with E-state index >= 15 is 0 Å². The van der Waals surface area contributed by atoms with Gasteiger partial charge in [0.2, 0.25) is 5.91 Å². The van der Waals surface area contributed by atoms with Gasteiger partial charge >= 0.3 is 0 Å². The predicted octanol–water partition coefficient (Wildman–Crippen LogP) is 5.77. The first kappa shape index (κ1) is 26.4. The van der Waals surface area contributed by atoms with E-state index < -0.39 is 0 Å². The normalized spacial score (nSPS) is 40.3. The van der Waals surface area contributed by atoms with Gasteiger partial charge < -0.3 is 15.1 Å². The average molecular weight is 506 g/mol. The summed E-state index contributed by atoms with van der Waals surface area (Å²) in [5.74, 6) is 0.622. The number of aromatic hydroxyl groups is 2. The van der Waals surface area contributed by atoms with Gasteiger partial charge in [-0.1, -0.05) is 58.9 Å². The Morgan fingerprint density at radius 3 is 2.27 bits per heavy atom. The number of amides is 1. The highest BCUT2D eigenvalue weighted by molar-refractivity contribution is 5.82. The number of phenols is 2. The molecule has 5 rings (SSSR count). The molecule has 4 aliphatic rings. The van der Waals surface area contributed by atoms with Gasteiger partial charge in [0.1, 0.15) is 0 Å². The van der Waals surface area contributed by atoms with Gasteiger partial charge in [0.25, 0.3) is 0 Å². The molecule has 1 aromatic carbocycles. The molecule has 3 fully saturated rings. The van der Waals surface area contributed by atoms with Gasteiger partial charge in [-0.25, -0.2) is 0 Å². The fourth-order valence-corrected chi connectivity index (χ4v) is 9.46. The monoisotopic (exact) mass is 505 g/mol. The van der Waals surface area contributed by atoms with Crippen molar-refractivity contribution in [3.8, 4) is 11.5 Å². The lowest BCUT2D eigenvalue weighted by Crippen LogP contribution is -2.63. The van der Waals surface area contributed by atoms with Crippen molar-refractivity contribution in [1.82, 2.24) is 4.90 Å². The number of carbonyl (C=O) groups excluding carboxylic acids is 1. The Morgan fingerprint density at radius 2 is 1.62 bits per heavy atom. The Morgan fingerprint density at radius 1 is 0.973 bits per heavy atom. The molecule has 37 heavy (non-hydrogen) atoms. The van der Waals surface area contributed by atoms with Crippen LogP contribution in [-0.2, 0) is 10.2 Å². The van der Waals surface area contributed by atoms with Crippen LogP contribution >= 0.6 is 0 Å². The molecule has 0 aromatic heterocycles. The maximum Gasteiger partial charge on any atom is 0.228 e. The summed E-state index contributed by atoms with van der Waals surface area (Å²) in [4.78, 5) is 15.8. The number of allylic oxidation sites excluding steroid dienone is 2. The zero-order valence-electron chi connectivity index (χ0n) is 24.1. The average Bonchev–Trinajstić information content (AvgIpc) is 2.86. The van der Waals surface area contributed by atoms with Crippen molar-refractivity contribution in [1.29, 1.82) is 0 Å². The molecule has 4 aliphatic carbocycles. The third kappa shape index (κ3) is 3.29. The maximum atomic E-state index is 13.8. The first-order chi connectivity index (χ1) is 17.2. The fourth-order valence-electron chi connectivity index (χ4n) is 9.46. The highest BCUT2D eigenvalue weighted by Crippen LogP contribution is 2.74. The molecule has 1 amide bonds. The molecular formula is C33H47NO3. The van der Waals surface area contributed by atoms with Crippen molar-refractivity contribution in [3.63, 3.8) is 0 Å². The molecule has 202 valence electrons. The first-order valence-corrected chi connectivity index (χ1v) is 14.5. The zero-order valence-corrected chi connectivity index (χ0v) is 24.1. The highest BCUT2D eigenvalue weighted by atomic mass is 16.3. The highest BCUT2D eigenvalue weighted by Gasteiger charge is 2.66. The molecule has 0 heterocycles. The van der Waals surface area contributed by atoms with Crippen LogP contribution in [-0.4, -0.2) is 34.1 Å². The second-order valence-corrected chi connectivity index (χ2v) is 14.0. The van der Waals surface area contributed by atoms with E-state index in [2.05, 4.69) is 67.2 Å². The standard InChI is InChI=1S/C33H47NO3/c1-9-34(10-2)28(37)30(5)14-13-29(4)15-17-32(7)25-12-11-22-21(3)27(36)24(35)19-23(22)31(25,6)16-18-33(32,8)26(29)20-30/h11-12,19,26,35-36H,3,9-10,13-18,20H2,1-2,4-8H3. The fraction of sp³-hybridized carbons (Fsp3) is 0.667. The molecule has 6 atom stereocenters. The summed E-state index contributed by atoms with van der Waals surface area (Å²) in [6.45, 7) is 21.9. The lowest BCUT2D eigenvalue weighted by molar-refractivity contribution is -0.172. The Labute approximate surface area is 223 Å². The number of benzene rings is 1. The number of hydrogen-bond acceptors (Lipinski definition) is 3. The molecule has 0 aliphatic heterocycles. The molecule has 6 unspecified atom stereocenters. The number of rotatable bonds is 3. The molecule has 2 N–H and O–H groups in total. The van der Waals surface area contributed by atoms with Gasteiger partial charge in [0.05, 0.1) is 0 Å². The van der Waals surface area contributed by atoms with Gasteiger partial charge in [-0.3, -0.25) is 4.79 Å². The van der Waals surface area contributed by atoms with Crippen LogP contribution in [0.15, 0.2) is 17.7 Å². The number of carbonyl (C=O) groups is 1. The third-order valence-corrected chi connectivity index (χ3v) is 12.3. The summed E-state index contributed by atoms with van der Waals surface area (Å²) in [7, 11) is 0. The second-order valence-electron chi connectivity index (χ2n) is 14.0. The van der Waals surface area contributed by atoms with E-state index in [1.54, 1.807) is 6.07 Å². The number of phenolic OH excluding ortho intramolecular Hbond substituents is 2. The third-order valence-electron chi connectivity index (χ3n) is 12.3. The molecule has 0 spiro atoms. The zero-order chi connectivity index (χ0) is 27.2. The first-order valence-electron chi connectivity index (χ1n) is 14.5. The summed E-state index contributed by atoms with van der Waals surface area (Å²) in [6, 6.07) is 1.78. The number of nitrogens with zero attached hydrogens (tertiary/aromatic N) is 1. The minimum atomic E-state index is -0.302. The van der Waals surface area contributed by atoms with Crippen molar-refractivity contribution < 1.29 is 15.0 Å². The predicted molar refractivity (Wildman–Crippen MR) is 151 cm³/mol. The summed E-state index contributed by atoms with van der Waals surface area (Å²) < 4.78 is 0. The summed E-state index contributed by atoms with van der Waals surface area (Å²) in [5, 5.41) is 22.4. The number of hydrogen-bond donors (Lipinski definition) is 2. The van der Waals surface area contributed by atoms with Crippen LogP contribution in [0.25, 0.3) is 12.7 Å². The van der Waals surface area contributed by atoms with E-state index in [0.717, 1.165) is 62.4 Å². The van der Waals surface area contributed by atoms with Gasteiger partial charge in [-0.2, -0.15) is 0 Å². The minimum Gasteiger partial charge on any atom is -0.504 e. The van der Waals surface area contributed by atoms with Crippen molar-refractivity contribution in [2.75, 3.05) is 13.1 Å². The van der Waals surface area contributed by atoms with Crippen molar-refractivity contribution in [2.45, 2.75) is 98.8 Å². The van der Waals surface area contributed by atoms with Crippen LogP contribution in [0.1, 0.15) is 99.0 Å². The SMILES string of the molecule is C=c1c(O)c(O)cc2c1=CC=C1C2(C)CCC2(C)C3CC(C)(C(=O)N(CC)CC)CCC3(C)CCC12C. The van der Waals surface area contributed by atoms with Crippen molar-refractivity contribution in [2.24, 2.45) is 27.6 Å². The molecule has 3 saturated carbocycles. The minimum absolute atomic E-state index is 0.0102. The molecule has 4 heteroatoms. The van der Waals surface area contributed by atoms with Crippen LogP contribution in [0.2, 0.25) is 0 Å². The van der Waals surface area contributed by atoms with Crippen LogP contribution in [0.5, 0.6) is 11.5 Å². The van der Waals surface area contributed by atoms with Crippen LogP contribution in [0.4, 0.5) is 0 Å². The summed E-state index contributed by atoms with van der Waals surface area (Å²) in [5.41, 5.74) is 2.36. The lowest BCUT2D eigenvalue weighted by atomic mass is 9.34. The molecule has 1 aromatic rings. The molecule has 0 radical (unpaired) electrons. The smallest absolute Gasteiger partial charge is 0.228 e. The number of fused-ring (bicyclic) bond motifs is 7. The van der Waals surface area contributed by atoms with Gasteiger partial charge in [-0.15, -0.1) is 0 Å². The molecule has 0 saturated heterocycles. The van der Waals surface area contributed by atoms with Crippen molar-refractivity contribution >= 4 is 18.6 Å². The summed E-state index contributed by atoms with van der Waals surface area (Å²) >= 11 is 0. The van der Waals surface area contributed by atoms with E-state index in [1.165, 1.54) is 12.0 Å². The van der Waals surface area contributed by atoms with E-state index in [9.17, 15) is 15.0 Å². The van der Waals surface area contributed by atoms with E-state index in [0.29, 0.717) is 17.0 Å². The Bertz CT molecular complexity index is 1290. The van der Waals surface area contributed by atoms with Crippen LogP contribution in [0, 0.1) is 27.6 Å². The second kappa shape index (κ2) is 8.13.